The summed E-state index contributed by atoms with van der Waals surface area (Å²) >= 11 is 0. The molecule has 0 heterocycles. The fourth-order valence-electron chi connectivity index (χ4n) is 3.14. The molecular formula is C20H27NO6. The van der Waals surface area contributed by atoms with Gasteiger partial charge in [-0.25, -0.2) is 9.59 Å². The highest BCUT2D eigenvalue weighted by Crippen LogP contribution is 2.28. The molecule has 0 spiro atoms. The standard InChI is InChI=1S/C20H27NO6/c1-2-6-17(26-19(24)16-7-4-3-5-8-16)27-20(25)21-13-14-9-11-15(12-10-14)18(22)23/h3-5,7-8,14-15,17H,2,6,9-13H2,1H3,(H,21,25)(H,22,23)/t14-,15-,17?. The van der Waals surface area contributed by atoms with Gasteiger partial charge in [0.25, 0.3) is 0 Å². The van der Waals surface area contributed by atoms with Crippen molar-refractivity contribution in [3.8, 4) is 0 Å². The van der Waals surface area contributed by atoms with Crippen molar-refractivity contribution in [1.82, 2.24) is 5.32 Å². The largest absolute Gasteiger partial charge is 0.481 e. The molecule has 148 valence electrons. The van der Waals surface area contributed by atoms with Gasteiger partial charge in [0.05, 0.1) is 11.5 Å². The second-order valence-electron chi connectivity index (χ2n) is 6.83. The molecule has 0 radical (unpaired) electrons. The zero-order valence-corrected chi connectivity index (χ0v) is 15.6. The van der Waals surface area contributed by atoms with Crippen LogP contribution in [0.2, 0.25) is 0 Å². The number of carbonyl (C=O) groups excluding carboxylic acids is 2. The van der Waals surface area contributed by atoms with Crippen LogP contribution in [0, 0.1) is 11.8 Å². The van der Waals surface area contributed by atoms with Gasteiger partial charge in [0, 0.05) is 13.0 Å². The Morgan fingerprint density at radius 1 is 1.11 bits per heavy atom. The maximum atomic E-state index is 12.1. The first-order valence-corrected chi connectivity index (χ1v) is 9.43. The highest BCUT2D eigenvalue weighted by molar-refractivity contribution is 5.89. The van der Waals surface area contributed by atoms with Crippen molar-refractivity contribution in [3.05, 3.63) is 35.9 Å². The van der Waals surface area contributed by atoms with Crippen LogP contribution in [0.1, 0.15) is 55.8 Å². The van der Waals surface area contributed by atoms with E-state index in [9.17, 15) is 14.4 Å². The van der Waals surface area contributed by atoms with E-state index in [1.165, 1.54) is 0 Å². The number of rotatable bonds is 8. The SMILES string of the molecule is CCCC(OC(=O)NC[C@H]1CC[C@H](C(=O)O)CC1)OC(=O)c1ccccc1. The van der Waals surface area contributed by atoms with E-state index in [0.29, 0.717) is 37.8 Å². The zero-order valence-electron chi connectivity index (χ0n) is 15.6. The fourth-order valence-corrected chi connectivity index (χ4v) is 3.14. The van der Waals surface area contributed by atoms with Crippen LogP contribution < -0.4 is 5.32 Å². The molecule has 7 nitrogen and oxygen atoms in total. The number of nitrogens with one attached hydrogen (secondary N) is 1. The Bertz CT molecular complexity index is 625. The van der Waals surface area contributed by atoms with Crippen LogP contribution in [0.25, 0.3) is 0 Å². The van der Waals surface area contributed by atoms with Gasteiger partial charge in [-0.1, -0.05) is 25.1 Å². The van der Waals surface area contributed by atoms with E-state index in [0.717, 1.165) is 12.8 Å². The number of carboxylic acid groups (broad SMARTS) is 1. The van der Waals surface area contributed by atoms with Crippen LogP contribution in [0.5, 0.6) is 0 Å². The predicted molar refractivity (Wildman–Crippen MR) is 98.1 cm³/mol. The van der Waals surface area contributed by atoms with Gasteiger partial charge in [-0.2, -0.15) is 0 Å². The van der Waals surface area contributed by atoms with E-state index in [1.807, 2.05) is 6.92 Å². The number of alkyl carbamates (subject to hydrolysis) is 1. The first kappa shape index (κ1) is 20.7. The van der Waals surface area contributed by atoms with E-state index in [1.54, 1.807) is 30.3 Å². The van der Waals surface area contributed by atoms with Crippen molar-refractivity contribution in [3.63, 3.8) is 0 Å². The third-order valence-corrected chi connectivity index (χ3v) is 4.74. The van der Waals surface area contributed by atoms with Gasteiger partial charge in [-0.15, -0.1) is 0 Å². The number of amides is 1. The molecule has 1 aliphatic rings. The zero-order chi connectivity index (χ0) is 19.6. The van der Waals surface area contributed by atoms with E-state index >= 15 is 0 Å². The Balaban J connectivity index is 1.76. The van der Waals surface area contributed by atoms with Crippen molar-refractivity contribution in [2.24, 2.45) is 11.8 Å². The van der Waals surface area contributed by atoms with Crippen LogP contribution in [0.4, 0.5) is 4.79 Å². The molecule has 1 unspecified atom stereocenters. The molecule has 2 rings (SSSR count). The molecule has 1 aromatic rings. The predicted octanol–water partition coefficient (Wildman–Crippen LogP) is 3.59. The number of carboxylic acids is 1. The van der Waals surface area contributed by atoms with Crippen LogP contribution >= 0.6 is 0 Å². The van der Waals surface area contributed by atoms with Crippen LogP contribution in [-0.2, 0) is 14.3 Å². The van der Waals surface area contributed by atoms with E-state index in [2.05, 4.69) is 5.32 Å². The van der Waals surface area contributed by atoms with E-state index in [-0.39, 0.29) is 11.8 Å². The normalized spacial score (nSPS) is 20.3. The summed E-state index contributed by atoms with van der Waals surface area (Å²) in [6.45, 7) is 2.34. The minimum atomic E-state index is -0.939. The van der Waals surface area contributed by atoms with Gasteiger partial charge in [0.1, 0.15) is 0 Å². The minimum Gasteiger partial charge on any atom is -0.481 e. The number of hydrogen-bond acceptors (Lipinski definition) is 5. The van der Waals surface area contributed by atoms with E-state index < -0.39 is 24.3 Å². The van der Waals surface area contributed by atoms with Crippen LogP contribution in [0.15, 0.2) is 30.3 Å². The fraction of sp³-hybridized carbons (Fsp3) is 0.550. The lowest BCUT2D eigenvalue weighted by Gasteiger charge is -2.26. The minimum absolute atomic E-state index is 0.240. The molecule has 1 fully saturated rings. The smallest absolute Gasteiger partial charge is 0.410 e. The summed E-state index contributed by atoms with van der Waals surface area (Å²) in [5.41, 5.74) is 0.401. The maximum Gasteiger partial charge on any atom is 0.410 e. The summed E-state index contributed by atoms with van der Waals surface area (Å²) in [5, 5.41) is 11.7. The second-order valence-corrected chi connectivity index (χ2v) is 6.83. The quantitative estimate of drug-likeness (QED) is 0.530. The monoisotopic (exact) mass is 377 g/mol. The third kappa shape index (κ3) is 6.92. The molecule has 0 aromatic heterocycles. The lowest BCUT2D eigenvalue weighted by Crippen LogP contribution is -2.36. The lowest BCUT2D eigenvalue weighted by molar-refractivity contribution is -0.143. The number of aliphatic carboxylic acids is 1. The summed E-state index contributed by atoms with van der Waals surface area (Å²) in [5.74, 6) is -1.32. The highest BCUT2D eigenvalue weighted by Gasteiger charge is 2.26. The van der Waals surface area contributed by atoms with Gasteiger partial charge < -0.3 is 19.9 Å². The van der Waals surface area contributed by atoms with Crippen LogP contribution in [-0.4, -0.2) is 36.0 Å². The number of ether oxygens (including phenoxy) is 2. The molecule has 1 saturated carbocycles. The molecule has 1 aliphatic carbocycles. The Kier molecular flexibility index (Phi) is 8.10. The molecule has 1 aromatic carbocycles. The van der Waals surface area contributed by atoms with E-state index in [4.69, 9.17) is 14.6 Å². The number of benzene rings is 1. The number of carbonyl (C=O) groups is 3. The molecule has 1 atom stereocenters. The van der Waals surface area contributed by atoms with Crippen molar-refractivity contribution in [2.45, 2.75) is 51.7 Å². The average molecular weight is 377 g/mol. The van der Waals surface area contributed by atoms with Gasteiger partial charge in [0.15, 0.2) is 0 Å². The second kappa shape index (κ2) is 10.5. The van der Waals surface area contributed by atoms with Gasteiger partial charge in [0.2, 0.25) is 6.29 Å². The molecule has 0 bridgehead atoms. The first-order chi connectivity index (χ1) is 13.0. The highest BCUT2D eigenvalue weighted by atomic mass is 16.7. The third-order valence-electron chi connectivity index (χ3n) is 4.74. The molecule has 27 heavy (non-hydrogen) atoms. The molecular weight excluding hydrogens is 350 g/mol. The molecule has 0 saturated heterocycles. The summed E-state index contributed by atoms with van der Waals surface area (Å²) in [6.07, 6.45) is 2.32. The molecule has 0 aliphatic heterocycles. The van der Waals surface area contributed by atoms with Crippen molar-refractivity contribution in [2.75, 3.05) is 6.54 Å². The lowest BCUT2D eigenvalue weighted by atomic mass is 9.82. The molecule has 7 heteroatoms. The number of esters is 1. The van der Waals surface area contributed by atoms with Crippen molar-refractivity contribution >= 4 is 18.0 Å². The van der Waals surface area contributed by atoms with Gasteiger partial charge in [-0.3, -0.25) is 4.79 Å². The van der Waals surface area contributed by atoms with Crippen molar-refractivity contribution < 1.29 is 29.0 Å². The first-order valence-electron chi connectivity index (χ1n) is 9.43. The summed E-state index contributed by atoms with van der Waals surface area (Å²) in [7, 11) is 0. The summed E-state index contributed by atoms with van der Waals surface area (Å²) < 4.78 is 10.5. The Morgan fingerprint density at radius 2 is 1.78 bits per heavy atom. The van der Waals surface area contributed by atoms with Gasteiger partial charge in [-0.05, 0) is 50.2 Å². The Hall–Kier alpha value is -2.57. The summed E-state index contributed by atoms with van der Waals surface area (Å²) in [6, 6.07) is 8.54. The maximum absolute atomic E-state index is 12.1. The van der Waals surface area contributed by atoms with Gasteiger partial charge >= 0.3 is 18.0 Å². The van der Waals surface area contributed by atoms with Crippen molar-refractivity contribution in [1.29, 1.82) is 0 Å². The average Bonchev–Trinajstić information content (AvgIpc) is 2.67. The number of hydrogen-bond donors (Lipinski definition) is 2. The summed E-state index contributed by atoms with van der Waals surface area (Å²) in [4.78, 5) is 35.1. The van der Waals surface area contributed by atoms with Crippen LogP contribution in [0.3, 0.4) is 0 Å². The Morgan fingerprint density at radius 3 is 2.37 bits per heavy atom. The Labute approximate surface area is 159 Å². The molecule has 2 N–H and O–H groups in total. The topological polar surface area (TPSA) is 102 Å². The molecule has 1 amide bonds.